The Balaban J connectivity index is 0.00000242. The standard InChI is InChI=1S/C17H31N3Si.ClH/c1-21(2,3)13-4-6-17-14-19-11-5-12-20(17)16-9-7-15(18)8-10-16;/h7-10,17,19H,4-6,11-14,18H2,1-3H3;1H. The molecule has 0 aliphatic carbocycles. The van der Waals surface area contributed by atoms with E-state index >= 15 is 0 Å². The van der Waals surface area contributed by atoms with Crippen LogP contribution in [0, 0.1) is 0 Å². The molecule has 0 spiro atoms. The van der Waals surface area contributed by atoms with Gasteiger partial charge in [0.05, 0.1) is 0 Å². The summed E-state index contributed by atoms with van der Waals surface area (Å²) < 4.78 is 0. The second kappa shape index (κ2) is 8.80. The quantitative estimate of drug-likeness (QED) is 0.628. The maximum Gasteiger partial charge on any atom is 0.0442 e. The van der Waals surface area contributed by atoms with Crippen molar-refractivity contribution < 1.29 is 0 Å². The van der Waals surface area contributed by atoms with Crippen LogP contribution in [-0.4, -0.2) is 33.7 Å². The minimum atomic E-state index is -0.919. The van der Waals surface area contributed by atoms with Crippen LogP contribution in [-0.2, 0) is 0 Å². The maximum absolute atomic E-state index is 5.82. The van der Waals surface area contributed by atoms with Crippen molar-refractivity contribution in [1.29, 1.82) is 0 Å². The van der Waals surface area contributed by atoms with Gasteiger partial charge in [0.1, 0.15) is 0 Å². The van der Waals surface area contributed by atoms with Gasteiger partial charge in [-0.25, -0.2) is 0 Å². The molecule has 1 aliphatic heterocycles. The van der Waals surface area contributed by atoms with Crippen LogP contribution >= 0.6 is 12.4 Å². The molecule has 0 aromatic heterocycles. The topological polar surface area (TPSA) is 41.3 Å². The molecular formula is C17H32ClN3Si. The van der Waals surface area contributed by atoms with Gasteiger partial charge in [-0.3, -0.25) is 0 Å². The van der Waals surface area contributed by atoms with E-state index in [4.69, 9.17) is 5.73 Å². The highest BCUT2D eigenvalue weighted by atomic mass is 35.5. The summed E-state index contributed by atoms with van der Waals surface area (Å²) in [5.41, 5.74) is 8.00. The third-order valence-electron chi connectivity index (χ3n) is 4.26. The van der Waals surface area contributed by atoms with Gasteiger partial charge in [0, 0.05) is 38.6 Å². The Kier molecular flexibility index (Phi) is 7.73. The van der Waals surface area contributed by atoms with Crippen molar-refractivity contribution in [3.63, 3.8) is 0 Å². The number of hydrogen-bond acceptors (Lipinski definition) is 3. The SMILES string of the molecule is C[Si](C)(C)CCCC1CNCCCN1c1ccc(N)cc1.Cl. The van der Waals surface area contributed by atoms with Gasteiger partial charge >= 0.3 is 0 Å². The first-order chi connectivity index (χ1) is 9.96. The molecule has 0 amide bonds. The van der Waals surface area contributed by atoms with Crippen molar-refractivity contribution in [2.24, 2.45) is 0 Å². The van der Waals surface area contributed by atoms with E-state index in [1.807, 2.05) is 12.1 Å². The van der Waals surface area contributed by atoms with E-state index in [1.54, 1.807) is 0 Å². The summed E-state index contributed by atoms with van der Waals surface area (Å²) in [4.78, 5) is 2.59. The summed E-state index contributed by atoms with van der Waals surface area (Å²) in [6.07, 6.45) is 3.87. The fourth-order valence-electron chi connectivity index (χ4n) is 3.07. The van der Waals surface area contributed by atoms with E-state index in [0.717, 1.165) is 25.3 Å². The highest BCUT2D eigenvalue weighted by Crippen LogP contribution is 2.24. The van der Waals surface area contributed by atoms with E-state index in [-0.39, 0.29) is 12.4 Å². The first-order valence-electron chi connectivity index (χ1n) is 8.29. The lowest BCUT2D eigenvalue weighted by Gasteiger charge is -2.32. The van der Waals surface area contributed by atoms with Crippen LogP contribution < -0.4 is 16.0 Å². The lowest BCUT2D eigenvalue weighted by atomic mass is 10.1. The molecule has 0 radical (unpaired) electrons. The Labute approximate surface area is 143 Å². The normalized spacial score (nSPS) is 19.4. The largest absolute Gasteiger partial charge is 0.399 e. The average molecular weight is 342 g/mol. The average Bonchev–Trinajstić information content (AvgIpc) is 2.64. The van der Waals surface area contributed by atoms with Gasteiger partial charge in [-0.05, 0) is 43.7 Å². The monoisotopic (exact) mass is 341 g/mol. The molecule has 22 heavy (non-hydrogen) atoms. The predicted octanol–water partition coefficient (Wildman–Crippen LogP) is 3.98. The molecule has 1 aromatic carbocycles. The fourth-order valence-corrected chi connectivity index (χ4v) is 4.33. The Bertz CT molecular complexity index is 431. The summed E-state index contributed by atoms with van der Waals surface area (Å²) in [5.74, 6) is 0. The third-order valence-corrected chi connectivity index (χ3v) is 6.12. The highest BCUT2D eigenvalue weighted by molar-refractivity contribution is 6.76. The molecule has 1 aromatic rings. The number of nitrogen functional groups attached to an aromatic ring is 1. The van der Waals surface area contributed by atoms with Crippen molar-refractivity contribution in [1.82, 2.24) is 5.32 Å². The Morgan fingerprint density at radius 2 is 1.91 bits per heavy atom. The zero-order chi connectivity index (χ0) is 15.3. The zero-order valence-electron chi connectivity index (χ0n) is 14.3. The molecule has 1 atom stereocenters. The van der Waals surface area contributed by atoms with E-state index in [2.05, 4.69) is 42.0 Å². The van der Waals surface area contributed by atoms with Gasteiger partial charge in [-0.1, -0.05) is 32.1 Å². The van der Waals surface area contributed by atoms with Crippen molar-refractivity contribution in [3.8, 4) is 0 Å². The summed E-state index contributed by atoms with van der Waals surface area (Å²) in [5, 5.41) is 3.60. The Morgan fingerprint density at radius 1 is 1.23 bits per heavy atom. The molecule has 3 nitrogen and oxygen atoms in total. The number of nitrogens with two attached hydrogens (primary N) is 1. The number of hydrogen-bond donors (Lipinski definition) is 2. The molecule has 2 rings (SSSR count). The van der Waals surface area contributed by atoms with Crippen LogP contribution in [0.25, 0.3) is 0 Å². The van der Waals surface area contributed by atoms with Crippen molar-refractivity contribution in [2.45, 2.75) is 51.0 Å². The summed E-state index contributed by atoms with van der Waals surface area (Å²) in [6.45, 7) is 10.8. The molecule has 5 heteroatoms. The van der Waals surface area contributed by atoms with Gasteiger partial charge in [-0.15, -0.1) is 12.4 Å². The third kappa shape index (κ3) is 6.19. The van der Waals surface area contributed by atoms with Gasteiger partial charge in [-0.2, -0.15) is 0 Å². The van der Waals surface area contributed by atoms with Crippen LogP contribution in [0.5, 0.6) is 0 Å². The number of benzene rings is 1. The summed E-state index contributed by atoms with van der Waals surface area (Å²) >= 11 is 0. The van der Waals surface area contributed by atoms with E-state index in [0.29, 0.717) is 6.04 Å². The highest BCUT2D eigenvalue weighted by Gasteiger charge is 2.22. The molecule has 1 saturated heterocycles. The van der Waals surface area contributed by atoms with E-state index in [9.17, 15) is 0 Å². The lowest BCUT2D eigenvalue weighted by molar-refractivity contribution is 0.541. The Morgan fingerprint density at radius 3 is 2.55 bits per heavy atom. The number of rotatable bonds is 5. The maximum atomic E-state index is 5.82. The zero-order valence-corrected chi connectivity index (χ0v) is 16.1. The minimum absolute atomic E-state index is 0. The van der Waals surface area contributed by atoms with Crippen LogP contribution in [0.1, 0.15) is 19.3 Å². The van der Waals surface area contributed by atoms with Gasteiger partial charge < -0.3 is 16.0 Å². The molecule has 126 valence electrons. The molecule has 1 unspecified atom stereocenters. The van der Waals surface area contributed by atoms with E-state index in [1.165, 1.54) is 31.0 Å². The van der Waals surface area contributed by atoms with E-state index < -0.39 is 8.07 Å². The molecule has 1 aliphatic rings. The number of halogens is 1. The van der Waals surface area contributed by atoms with Crippen LogP contribution in [0.3, 0.4) is 0 Å². The lowest BCUT2D eigenvalue weighted by Crippen LogP contribution is -2.40. The molecule has 1 fully saturated rings. The molecule has 3 N–H and O–H groups in total. The van der Waals surface area contributed by atoms with Crippen molar-refractivity contribution in [3.05, 3.63) is 24.3 Å². The fraction of sp³-hybridized carbons (Fsp3) is 0.647. The molecule has 0 bridgehead atoms. The van der Waals surface area contributed by atoms with Crippen LogP contribution in [0.4, 0.5) is 11.4 Å². The number of anilines is 2. The first-order valence-corrected chi connectivity index (χ1v) is 12.0. The summed E-state index contributed by atoms with van der Waals surface area (Å²) in [6, 6.07) is 10.4. The first kappa shape index (κ1) is 19.3. The number of nitrogens with zero attached hydrogens (tertiary/aromatic N) is 1. The second-order valence-electron chi connectivity index (χ2n) is 7.45. The van der Waals surface area contributed by atoms with Gasteiger partial charge in [0.25, 0.3) is 0 Å². The smallest absolute Gasteiger partial charge is 0.0442 e. The Hall–Kier alpha value is -0.713. The molecular weight excluding hydrogens is 310 g/mol. The van der Waals surface area contributed by atoms with Gasteiger partial charge in [0.15, 0.2) is 0 Å². The van der Waals surface area contributed by atoms with Crippen molar-refractivity contribution >= 4 is 31.9 Å². The molecule has 0 saturated carbocycles. The second-order valence-corrected chi connectivity index (χ2v) is 13.1. The van der Waals surface area contributed by atoms with Crippen LogP contribution in [0.15, 0.2) is 24.3 Å². The molecule has 1 heterocycles. The summed E-state index contributed by atoms with van der Waals surface area (Å²) in [7, 11) is -0.919. The van der Waals surface area contributed by atoms with Crippen LogP contribution in [0.2, 0.25) is 25.7 Å². The van der Waals surface area contributed by atoms with Gasteiger partial charge in [0.2, 0.25) is 0 Å². The minimum Gasteiger partial charge on any atom is -0.399 e. The van der Waals surface area contributed by atoms with Crippen molar-refractivity contribution in [2.75, 3.05) is 30.3 Å². The predicted molar refractivity (Wildman–Crippen MR) is 104 cm³/mol. The number of nitrogens with one attached hydrogen (secondary N) is 1.